The molecule has 2 aromatic carbocycles. The molecule has 7 nitrogen and oxygen atoms in total. The lowest BCUT2D eigenvalue weighted by molar-refractivity contribution is 0.0940. The van der Waals surface area contributed by atoms with Crippen LogP contribution in [0.1, 0.15) is 21.5 Å². The van der Waals surface area contributed by atoms with Gasteiger partial charge < -0.3 is 25.3 Å². The van der Waals surface area contributed by atoms with Gasteiger partial charge in [-0.05, 0) is 12.6 Å². The van der Waals surface area contributed by atoms with E-state index >= 15 is 8.78 Å². The van der Waals surface area contributed by atoms with E-state index in [2.05, 4.69) is 10.3 Å². The molecule has 0 saturated heterocycles. The van der Waals surface area contributed by atoms with E-state index in [-0.39, 0.29) is 53.0 Å². The van der Waals surface area contributed by atoms with Crippen LogP contribution in [-0.4, -0.2) is 44.8 Å². The van der Waals surface area contributed by atoms with Crippen molar-refractivity contribution in [2.75, 3.05) is 33.9 Å². The summed E-state index contributed by atoms with van der Waals surface area (Å²) >= 11 is 6.41. The molecule has 1 aliphatic heterocycles. The summed E-state index contributed by atoms with van der Waals surface area (Å²) in [6.45, 7) is 0.562. The summed E-state index contributed by atoms with van der Waals surface area (Å²) < 4.78 is 47.4. The van der Waals surface area contributed by atoms with Crippen molar-refractivity contribution in [3.05, 3.63) is 75.9 Å². The van der Waals surface area contributed by atoms with Crippen LogP contribution in [0.25, 0.3) is 11.1 Å². The maximum Gasteiger partial charge on any atom is 0.251 e. The number of methoxy groups -OCH3 is 1. The fourth-order valence-electron chi connectivity index (χ4n) is 4.31. The van der Waals surface area contributed by atoms with Crippen LogP contribution in [0.15, 0.2) is 42.6 Å². The molecule has 4 rings (SSSR count). The lowest BCUT2D eigenvalue weighted by atomic mass is 9.85. The van der Waals surface area contributed by atoms with E-state index in [1.54, 1.807) is 7.05 Å². The number of fused-ring (bicyclic) bond motifs is 1. The number of carbonyl (C=O) groups excluding carboxylic acids is 1. The summed E-state index contributed by atoms with van der Waals surface area (Å²) in [5.74, 6) is -2.97. The Balaban J connectivity index is 1.93. The van der Waals surface area contributed by atoms with Gasteiger partial charge in [-0.25, -0.2) is 13.8 Å². The molecule has 0 radical (unpaired) electrons. The van der Waals surface area contributed by atoms with Gasteiger partial charge in [-0.15, -0.1) is 0 Å². The molecule has 3 aromatic rings. The molecule has 1 amide bonds. The van der Waals surface area contributed by atoms with Gasteiger partial charge >= 0.3 is 0 Å². The fourth-order valence-corrected chi connectivity index (χ4v) is 4.58. The smallest absolute Gasteiger partial charge is 0.251 e. The Bertz CT molecular complexity index is 1260. The second-order valence-corrected chi connectivity index (χ2v) is 8.44. The molecular formula is C25H24ClF2N3O4. The molecule has 3 N–H and O–H groups in total. The van der Waals surface area contributed by atoms with Crippen molar-refractivity contribution < 1.29 is 27.8 Å². The van der Waals surface area contributed by atoms with Gasteiger partial charge in [-0.2, -0.15) is 0 Å². The van der Waals surface area contributed by atoms with Crippen molar-refractivity contribution >= 4 is 17.5 Å². The van der Waals surface area contributed by atoms with E-state index in [0.29, 0.717) is 12.1 Å². The van der Waals surface area contributed by atoms with Gasteiger partial charge in [0.05, 0.1) is 17.2 Å². The average molecular weight is 504 g/mol. The Hall–Kier alpha value is -3.27. The number of nitrogens with two attached hydrogens (primary N) is 1. The van der Waals surface area contributed by atoms with E-state index < -0.39 is 23.1 Å². The van der Waals surface area contributed by atoms with Crippen molar-refractivity contribution in [1.29, 1.82) is 0 Å². The Labute approximate surface area is 206 Å². The summed E-state index contributed by atoms with van der Waals surface area (Å²) in [5.41, 5.74) is 5.30. The molecule has 0 saturated carbocycles. The van der Waals surface area contributed by atoms with E-state index in [9.17, 15) is 4.79 Å². The number of pyridine rings is 1. The van der Waals surface area contributed by atoms with Crippen LogP contribution in [0.2, 0.25) is 5.02 Å². The standard InChI is InChI=1S/C25H24ClF2N3O4/c1-30-13-25(14-6-4-3-5-7-14)11-15-18(35-25)10-17(27)21(26)19(15)20-16(23(29)32)12-31-24(22(20)28)34-9-8-33-2/h3-7,10,12,30H,8-9,11,13H2,1-2H3,(H2,29,32)/t25-/m1/s1. The number of aromatic nitrogens is 1. The zero-order chi connectivity index (χ0) is 25.2. The zero-order valence-corrected chi connectivity index (χ0v) is 19.9. The van der Waals surface area contributed by atoms with Crippen molar-refractivity contribution in [2.45, 2.75) is 12.0 Å². The second kappa shape index (κ2) is 10.2. The molecule has 0 aliphatic carbocycles. The molecule has 0 spiro atoms. The predicted molar refractivity (Wildman–Crippen MR) is 127 cm³/mol. The van der Waals surface area contributed by atoms with Crippen LogP contribution in [0, 0.1) is 11.6 Å². The van der Waals surface area contributed by atoms with Gasteiger partial charge in [0.15, 0.2) is 11.4 Å². The van der Waals surface area contributed by atoms with Crippen molar-refractivity contribution in [3.8, 4) is 22.8 Å². The molecule has 0 bridgehead atoms. The molecule has 1 atom stereocenters. The largest absolute Gasteiger partial charge is 0.480 e. The van der Waals surface area contributed by atoms with E-state index in [1.807, 2.05) is 30.3 Å². The Morgan fingerprint density at radius 2 is 2.00 bits per heavy atom. The zero-order valence-electron chi connectivity index (χ0n) is 19.2. The van der Waals surface area contributed by atoms with Crippen LogP contribution in [0.3, 0.4) is 0 Å². The van der Waals surface area contributed by atoms with Crippen LogP contribution in [0.5, 0.6) is 11.6 Å². The average Bonchev–Trinajstić information content (AvgIpc) is 3.21. The van der Waals surface area contributed by atoms with Gasteiger partial charge in [0.2, 0.25) is 0 Å². The highest BCUT2D eigenvalue weighted by Crippen LogP contribution is 2.50. The van der Waals surface area contributed by atoms with Gasteiger partial charge in [-0.3, -0.25) is 4.79 Å². The molecule has 1 aromatic heterocycles. The Morgan fingerprint density at radius 1 is 1.26 bits per heavy atom. The van der Waals surface area contributed by atoms with Crippen molar-refractivity contribution in [1.82, 2.24) is 10.3 Å². The van der Waals surface area contributed by atoms with Crippen molar-refractivity contribution in [2.24, 2.45) is 5.73 Å². The highest BCUT2D eigenvalue weighted by Gasteiger charge is 2.43. The van der Waals surface area contributed by atoms with E-state index in [0.717, 1.165) is 11.8 Å². The number of hydrogen-bond acceptors (Lipinski definition) is 6. The summed E-state index contributed by atoms with van der Waals surface area (Å²) in [4.78, 5) is 16.1. The lowest BCUT2D eigenvalue weighted by Gasteiger charge is -2.29. The molecule has 0 fully saturated rings. The first-order valence-corrected chi connectivity index (χ1v) is 11.2. The minimum atomic E-state index is -0.988. The van der Waals surface area contributed by atoms with Crippen LogP contribution >= 0.6 is 11.6 Å². The molecule has 35 heavy (non-hydrogen) atoms. The minimum Gasteiger partial charge on any atom is -0.480 e. The molecule has 2 heterocycles. The fraction of sp³-hybridized carbons (Fsp3) is 0.280. The summed E-state index contributed by atoms with van der Waals surface area (Å²) in [6, 6.07) is 10.6. The number of hydrogen-bond donors (Lipinski definition) is 2. The highest BCUT2D eigenvalue weighted by molar-refractivity contribution is 6.34. The number of benzene rings is 2. The van der Waals surface area contributed by atoms with E-state index in [1.165, 1.54) is 13.2 Å². The number of halogens is 3. The number of carbonyl (C=O) groups is 1. The third kappa shape index (κ3) is 4.54. The summed E-state index contributed by atoms with van der Waals surface area (Å²) in [6.07, 6.45) is 1.31. The number of ether oxygens (including phenoxy) is 3. The molecule has 1 aliphatic rings. The Morgan fingerprint density at radius 3 is 2.66 bits per heavy atom. The first kappa shape index (κ1) is 24.8. The monoisotopic (exact) mass is 503 g/mol. The van der Waals surface area contributed by atoms with Gasteiger partial charge in [0.1, 0.15) is 18.2 Å². The van der Waals surface area contributed by atoms with Gasteiger partial charge in [0, 0.05) is 49.0 Å². The maximum atomic E-state index is 15.8. The second-order valence-electron chi connectivity index (χ2n) is 8.07. The van der Waals surface area contributed by atoms with Gasteiger partial charge in [0.25, 0.3) is 11.8 Å². The third-order valence-corrected chi connectivity index (χ3v) is 6.21. The third-order valence-electron chi connectivity index (χ3n) is 5.85. The topological polar surface area (TPSA) is 95.7 Å². The first-order chi connectivity index (χ1) is 16.8. The number of nitrogens with one attached hydrogen (secondary N) is 1. The minimum absolute atomic E-state index is 0.00711. The van der Waals surface area contributed by atoms with Crippen LogP contribution in [-0.2, 0) is 16.8 Å². The first-order valence-electron chi connectivity index (χ1n) is 10.8. The summed E-state index contributed by atoms with van der Waals surface area (Å²) in [7, 11) is 3.23. The number of likely N-dealkylation sites (N-methyl/N-ethyl adjacent to an activating group) is 1. The summed E-state index contributed by atoms with van der Waals surface area (Å²) in [5, 5.41) is 2.74. The molecule has 0 unspecified atom stereocenters. The molecule has 184 valence electrons. The predicted octanol–water partition coefficient (Wildman–Crippen LogP) is 3.85. The van der Waals surface area contributed by atoms with Crippen molar-refractivity contribution in [3.63, 3.8) is 0 Å². The molecular weight excluding hydrogens is 480 g/mol. The number of amides is 1. The maximum absolute atomic E-state index is 15.8. The highest BCUT2D eigenvalue weighted by atomic mass is 35.5. The van der Waals surface area contributed by atoms with Crippen LogP contribution in [0.4, 0.5) is 8.78 Å². The normalized spacial score (nSPS) is 16.6. The SMILES string of the molecule is CNC[C@@]1(c2ccccc2)Cc2c(cc(F)c(Cl)c2-c2c(C(N)=O)cnc(OCCOC)c2F)O1. The quantitative estimate of drug-likeness (QED) is 0.431. The number of primary amides is 1. The number of rotatable bonds is 9. The van der Waals surface area contributed by atoms with Gasteiger partial charge in [-0.1, -0.05) is 41.9 Å². The Kier molecular flexibility index (Phi) is 7.20. The number of nitrogens with zero attached hydrogens (tertiary/aromatic N) is 1. The molecule has 10 heteroatoms. The lowest BCUT2D eigenvalue weighted by Crippen LogP contribution is -2.41. The van der Waals surface area contributed by atoms with Crippen LogP contribution < -0.4 is 20.5 Å². The van der Waals surface area contributed by atoms with E-state index in [4.69, 9.17) is 31.5 Å².